The molecule has 0 aliphatic carbocycles. The van der Waals surface area contributed by atoms with Crippen LogP contribution in [0.15, 0.2) is 48.5 Å². The summed E-state index contributed by atoms with van der Waals surface area (Å²) in [5.41, 5.74) is 2.06. The van der Waals surface area contributed by atoms with Crippen molar-refractivity contribution >= 4 is 5.97 Å². The van der Waals surface area contributed by atoms with Gasteiger partial charge in [0, 0.05) is 0 Å². The molecule has 2 aromatic carbocycles. The first-order valence-corrected chi connectivity index (χ1v) is 6.87. The SMILES string of the molecule is COc1ccc(-c2cccc(C(=O)OC(C)(C)C)c2)cc1. The number of rotatable bonds is 3. The molecular weight excluding hydrogens is 264 g/mol. The Balaban J connectivity index is 2.26. The Morgan fingerprint density at radius 2 is 1.62 bits per heavy atom. The van der Waals surface area contributed by atoms with Crippen molar-refractivity contribution in [2.24, 2.45) is 0 Å². The van der Waals surface area contributed by atoms with Gasteiger partial charge in [0.25, 0.3) is 0 Å². The quantitative estimate of drug-likeness (QED) is 0.787. The molecule has 0 aliphatic rings. The van der Waals surface area contributed by atoms with Gasteiger partial charge in [-0.05, 0) is 56.2 Å². The van der Waals surface area contributed by atoms with E-state index in [0.29, 0.717) is 5.56 Å². The number of methoxy groups -OCH3 is 1. The summed E-state index contributed by atoms with van der Waals surface area (Å²) < 4.78 is 10.5. The smallest absolute Gasteiger partial charge is 0.338 e. The predicted molar refractivity (Wildman–Crippen MR) is 83.6 cm³/mol. The second-order valence-corrected chi connectivity index (χ2v) is 5.81. The van der Waals surface area contributed by atoms with Gasteiger partial charge in [-0.2, -0.15) is 0 Å². The minimum Gasteiger partial charge on any atom is -0.497 e. The van der Waals surface area contributed by atoms with Crippen LogP contribution in [0.5, 0.6) is 5.75 Å². The van der Waals surface area contributed by atoms with Crippen molar-refractivity contribution < 1.29 is 14.3 Å². The lowest BCUT2D eigenvalue weighted by Gasteiger charge is -2.19. The van der Waals surface area contributed by atoms with Crippen LogP contribution in [0.25, 0.3) is 11.1 Å². The average Bonchev–Trinajstić information content (AvgIpc) is 2.46. The van der Waals surface area contributed by atoms with Gasteiger partial charge in [0.2, 0.25) is 0 Å². The summed E-state index contributed by atoms with van der Waals surface area (Å²) in [6.07, 6.45) is 0. The molecule has 0 saturated carbocycles. The maximum Gasteiger partial charge on any atom is 0.338 e. The van der Waals surface area contributed by atoms with Crippen molar-refractivity contribution in [2.45, 2.75) is 26.4 Å². The first-order valence-electron chi connectivity index (χ1n) is 6.87. The summed E-state index contributed by atoms with van der Waals surface area (Å²) >= 11 is 0. The highest BCUT2D eigenvalue weighted by Crippen LogP contribution is 2.24. The van der Waals surface area contributed by atoms with E-state index in [1.54, 1.807) is 13.2 Å². The lowest BCUT2D eigenvalue weighted by atomic mass is 10.0. The molecule has 0 N–H and O–H groups in total. The number of benzene rings is 2. The van der Waals surface area contributed by atoms with Crippen molar-refractivity contribution in [1.82, 2.24) is 0 Å². The maximum absolute atomic E-state index is 12.1. The Morgan fingerprint density at radius 1 is 0.952 bits per heavy atom. The third-order valence-corrected chi connectivity index (χ3v) is 2.92. The first kappa shape index (κ1) is 15.1. The average molecular weight is 284 g/mol. The zero-order valence-electron chi connectivity index (χ0n) is 12.8. The molecule has 3 heteroatoms. The van der Waals surface area contributed by atoms with Crippen LogP contribution in [0.3, 0.4) is 0 Å². The van der Waals surface area contributed by atoms with Crippen molar-refractivity contribution in [2.75, 3.05) is 7.11 Å². The van der Waals surface area contributed by atoms with E-state index in [-0.39, 0.29) is 5.97 Å². The monoisotopic (exact) mass is 284 g/mol. The highest BCUT2D eigenvalue weighted by Gasteiger charge is 2.18. The standard InChI is InChI=1S/C18H20O3/c1-18(2,3)21-17(19)15-7-5-6-14(12-15)13-8-10-16(20-4)11-9-13/h5-12H,1-4H3. The van der Waals surface area contributed by atoms with Crippen molar-refractivity contribution in [3.8, 4) is 16.9 Å². The molecule has 0 bridgehead atoms. The van der Waals surface area contributed by atoms with Gasteiger partial charge in [-0.15, -0.1) is 0 Å². The van der Waals surface area contributed by atoms with Gasteiger partial charge in [0.05, 0.1) is 12.7 Å². The topological polar surface area (TPSA) is 35.5 Å². The van der Waals surface area contributed by atoms with Crippen LogP contribution in [0.4, 0.5) is 0 Å². The fourth-order valence-electron chi connectivity index (χ4n) is 1.95. The van der Waals surface area contributed by atoms with E-state index in [0.717, 1.165) is 16.9 Å². The molecule has 0 unspecified atom stereocenters. The predicted octanol–water partition coefficient (Wildman–Crippen LogP) is 4.32. The lowest BCUT2D eigenvalue weighted by Crippen LogP contribution is -2.23. The number of carbonyl (C=O) groups excluding carboxylic acids is 1. The number of esters is 1. The Bertz CT molecular complexity index is 622. The Kier molecular flexibility index (Phi) is 4.32. The van der Waals surface area contributed by atoms with Crippen LogP contribution in [-0.4, -0.2) is 18.7 Å². The zero-order valence-corrected chi connectivity index (χ0v) is 12.8. The van der Waals surface area contributed by atoms with E-state index in [9.17, 15) is 4.79 Å². The number of hydrogen-bond acceptors (Lipinski definition) is 3. The fraction of sp³-hybridized carbons (Fsp3) is 0.278. The van der Waals surface area contributed by atoms with Crippen molar-refractivity contribution in [3.63, 3.8) is 0 Å². The van der Waals surface area contributed by atoms with Crippen molar-refractivity contribution in [1.29, 1.82) is 0 Å². The highest BCUT2D eigenvalue weighted by atomic mass is 16.6. The molecule has 0 saturated heterocycles. The minimum absolute atomic E-state index is 0.308. The Labute approximate surface area is 125 Å². The van der Waals surface area contributed by atoms with Crippen LogP contribution in [-0.2, 0) is 4.74 Å². The molecule has 0 amide bonds. The second kappa shape index (κ2) is 6.00. The molecule has 0 aliphatic heterocycles. The highest BCUT2D eigenvalue weighted by molar-refractivity contribution is 5.91. The molecule has 0 atom stereocenters. The normalized spacial score (nSPS) is 11.0. The molecule has 0 radical (unpaired) electrons. The molecule has 0 fully saturated rings. The molecular formula is C18H20O3. The van der Waals surface area contributed by atoms with Gasteiger partial charge >= 0.3 is 5.97 Å². The molecule has 0 aromatic heterocycles. The van der Waals surface area contributed by atoms with Crippen LogP contribution in [0, 0.1) is 0 Å². The van der Waals surface area contributed by atoms with E-state index in [1.807, 2.05) is 63.2 Å². The number of carbonyl (C=O) groups is 1. The largest absolute Gasteiger partial charge is 0.497 e. The van der Waals surface area contributed by atoms with Crippen LogP contribution >= 0.6 is 0 Å². The van der Waals surface area contributed by atoms with E-state index < -0.39 is 5.60 Å². The van der Waals surface area contributed by atoms with Gasteiger partial charge in [-0.25, -0.2) is 4.79 Å². The van der Waals surface area contributed by atoms with Crippen LogP contribution < -0.4 is 4.74 Å². The summed E-state index contributed by atoms with van der Waals surface area (Å²) in [6.45, 7) is 5.58. The molecule has 110 valence electrons. The zero-order chi connectivity index (χ0) is 15.5. The number of ether oxygens (including phenoxy) is 2. The summed E-state index contributed by atoms with van der Waals surface area (Å²) in [6, 6.07) is 15.2. The van der Waals surface area contributed by atoms with Gasteiger partial charge in [0.15, 0.2) is 0 Å². The Hall–Kier alpha value is -2.29. The fourth-order valence-corrected chi connectivity index (χ4v) is 1.95. The summed E-state index contributed by atoms with van der Waals surface area (Å²) in [5.74, 6) is 0.500. The van der Waals surface area contributed by atoms with Crippen LogP contribution in [0.2, 0.25) is 0 Å². The van der Waals surface area contributed by atoms with E-state index >= 15 is 0 Å². The minimum atomic E-state index is -0.493. The molecule has 0 spiro atoms. The maximum atomic E-state index is 12.1. The van der Waals surface area contributed by atoms with Gasteiger partial charge in [-0.3, -0.25) is 0 Å². The van der Waals surface area contributed by atoms with Crippen LogP contribution in [0.1, 0.15) is 31.1 Å². The van der Waals surface area contributed by atoms with E-state index in [1.165, 1.54) is 0 Å². The molecule has 2 rings (SSSR count). The first-order chi connectivity index (χ1) is 9.89. The lowest BCUT2D eigenvalue weighted by molar-refractivity contribution is 0.00696. The third kappa shape index (κ3) is 4.09. The molecule has 0 heterocycles. The van der Waals surface area contributed by atoms with Gasteiger partial charge in [0.1, 0.15) is 11.4 Å². The molecule has 3 nitrogen and oxygen atoms in total. The number of hydrogen-bond donors (Lipinski definition) is 0. The van der Waals surface area contributed by atoms with Gasteiger partial charge in [-0.1, -0.05) is 24.3 Å². The van der Waals surface area contributed by atoms with E-state index in [4.69, 9.17) is 9.47 Å². The van der Waals surface area contributed by atoms with Crippen molar-refractivity contribution in [3.05, 3.63) is 54.1 Å². The summed E-state index contributed by atoms with van der Waals surface area (Å²) in [4.78, 5) is 12.1. The molecule has 21 heavy (non-hydrogen) atoms. The third-order valence-electron chi connectivity index (χ3n) is 2.92. The summed E-state index contributed by atoms with van der Waals surface area (Å²) in [5, 5.41) is 0. The van der Waals surface area contributed by atoms with E-state index in [2.05, 4.69) is 0 Å². The second-order valence-electron chi connectivity index (χ2n) is 5.81. The molecule has 2 aromatic rings. The summed E-state index contributed by atoms with van der Waals surface area (Å²) in [7, 11) is 1.64. The Morgan fingerprint density at radius 3 is 2.19 bits per heavy atom. The van der Waals surface area contributed by atoms with Gasteiger partial charge < -0.3 is 9.47 Å².